The Morgan fingerprint density at radius 3 is 2.76 bits per heavy atom. The van der Waals surface area contributed by atoms with E-state index in [-0.39, 0.29) is 6.79 Å². The van der Waals surface area contributed by atoms with Crippen LogP contribution in [0.25, 0.3) is 0 Å². The number of nitrogens with two attached hydrogens (primary N) is 1. The molecule has 2 aromatic rings. The van der Waals surface area contributed by atoms with Gasteiger partial charge in [-0.25, -0.2) is 0 Å². The van der Waals surface area contributed by atoms with Gasteiger partial charge in [0.1, 0.15) is 11.6 Å². The van der Waals surface area contributed by atoms with Crippen molar-refractivity contribution in [3.05, 3.63) is 30.3 Å². The topological polar surface area (TPSA) is 79.5 Å². The maximum atomic E-state index is 5.49. The normalized spacial score (nSPS) is 12.5. The van der Waals surface area contributed by atoms with Crippen LogP contribution < -0.4 is 19.9 Å². The first-order valence-corrected chi connectivity index (χ1v) is 4.98. The van der Waals surface area contributed by atoms with Crippen molar-refractivity contribution in [3.8, 4) is 23.1 Å². The van der Waals surface area contributed by atoms with Gasteiger partial charge in [0.05, 0.1) is 0 Å². The molecule has 0 radical (unpaired) electrons. The van der Waals surface area contributed by atoms with E-state index in [1.807, 2.05) is 0 Å². The van der Waals surface area contributed by atoms with E-state index in [2.05, 4.69) is 10.2 Å². The molecule has 3 rings (SSSR count). The van der Waals surface area contributed by atoms with Crippen LogP contribution in [0.5, 0.6) is 23.1 Å². The average Bonchev–Trinajstić information content (AvgIpc) is 2.79. The molecule has 0 saturated carbocycles. The van der Waals surface area contributed by atoms with Crippen molar-refractivity contribution in [1.29, 1.82) is 0 Å². The van der Waals surface area contributed by atoms with Crippen molar-refractivity contribution in [2.24, 2.45) is 0 Å². The first kappa shape index (κ1) is 9.71. The molecule has 0 spiro atoms. The standard InChI is InChI=1S/C11H9N3O3/c12-10-3-4-11(14-13-10)17-7-1-2-8-9(5-7)16-6-15-8/h1-5H,6H2,(H2,12,13). The highest BCUT2D eigenvalue weighted by Gasteiger charge is 2.14. The molecule has 1 aliphatic rings. The Balaban J connectivity index is 1.83. The van der Waals surface area contributed by atoms with Crippen molar-refractivity contribution in [2.45, 2.75) is 0 Å². The summed E-state index contributed by atoms with van der Waals surface area (Å²) >= 11 is 0. The van der Waals surface area contributed by atoms with Crippen LogP contribution in [0.4, 0.5) is 5.82 Å². The minimum Gasteiger partial charge on any atom is -0.454 e. The molecule has 6 heteroatoms. The summed E-state index contributed by atoms with van der Waals surface area (Å²) in [5.74, 6) is 2.70. The molecule has 2 N–H and O–H groups in total. The van der Waals surface area contributed by atoms with E-state index in [1.165, 1.54) is 0 Å². The monoisotopic (exact) mass is 231 g/mol. The molecular formula is C11H9N3O3. The predicted octanol–water partition coefficient (Wildman–Crippen LogP) is 1.58. The highest BCUT2D eigenvalue weighted by atomic mass is 16.7. The summed E-state index contributed by atoms with van der Waals surface area (Å²) in [6.45, 7) is 0.237. The highest BCUT2D eigenvalue weighted by Crippen LogP contribution is 2.36. The first-order chi connectivity index (χ1) is 8.31. The summed E-state index contributed by atoms with van der Waals surface area (Å²) in [4.78, 5) is 0. The summed E-state index contributed by atoms with van der Waals surface area (Å²) in [6, 6.07) is 8.55. The van der Waals surface area contributed by atoms with Crippen molar-refractivity contribution in [1.82, 2.24) is 10.2 Å². The third kappa shape index (κ3) is 1.92. The van der Waals surface area contributed by atoms with E-state index in [0.717, 1.165) is 0 Å². The van der Waals surface area contributed by atoms with Gasteiger partial charge in [-0.3, -0.25) is 0 Å². The Morgan fingerprint density at radius 1 is 1.06 bits per heavy atom. The van der Waals surface area contributed by atoms with E-state index < -0.39 is 0 Å². The summed E-state index contributed by atoms with van der Waals surface area (Å²) in [6.07, 6.45) is 0. The minimum atomic E-state index is 0.237. The number of hydrogen-bond donors (Lipinski definition) is 1. The van der Waals surface area contributed by atoms with E-state index in [9.17, 15) is 0 Å². The second-order valence-corrected chi connectivity index (χ2v) is 3.41. The number of anilines is 1. The molecule has 0 unspecified atom stereocenters. The molecule has 2 heterocycles. The van der Waals surface area contributed by atoms with Gasteiger partial charge in [-0.05, 0) is 18.2 Å². The fraction of sp³-hybridized carbons (Fsp3) is 0.0909. The van der Waals surface area contributed by atoms with Crippen LogP contribution in [-0.4, -0.2) is 17.0 Å². The molecule has 6 nitrogen and oxygen atoms in total. The lowest BCUT2D eigenvalue weighted by molar-refractivity contribution is 0.174. The third-order valence-corrected chi connectivity index (χ3v) is 2.23. The van der Waals surface area contributed by atoms with E-state index in [1.54, 1.807) is 30.3 Å². The second-order valence-electron chi connectivity index (χ2n) is 3.41. The van der Waals surface area contributed by atoms with Gasteiger partial charge >= 0.3 is 0 Å². The van der Waals surface area contributed by atoms with Crippen molar-refractivity contribution in [3.63, 3.8) is 0 Å². The lowest BCUT2D eigenvalue weighted by atomic mass is 10.3. The van der Waals surface area contributed by atoms with Crippen LogP contribution in [0.2, 0.25) is 0 Å². The molecule has 0 atom stereocenters. The lowest BCUT2D eigenvalue weighted by Gasteiger charge is -2.04. The molecule has 86 valence electrons. The first-order valence-electron chi connectivity index (χ1n) is 4.98. The predicted molar refractivity (Wildman–Crippen MR) is 59.1 cm³/mol. The van der Waals surface area contributed by atoms with Crippen LogP contribution in [0, 0.1) is 0 Å². The van der Waals surface area contributed by atoms with E-state index >= 15 is 0 Å². The quantitative estimate of drug-likeness (QED) is 0.845. The average molecular weight is 231 g/mol. The number of ether oxygens (including phenoxy) is 3. The Morgan fingerprint density at radius 2 is 1.94 bits per heavy atom. The smallest absolute Gasteiger partial charge is 0.238 e. The Kier molecular flexibility index (Phi) is 2.18. The van der Waals surface area contributed by atoms with Gasteiger partial charge in [0.15, 0.2) is 11.5 Å². The van der Waals surface area contributed by atoms with Crippen LogP contribution in [0.3, 0.4) is 0 Å². The third-order valence-electron chi connectivity index (χ3n) is 2.23. The van der Waals surface area contributed by atoms with Crippen molar-refractivity contribution < 1.29 is 14.2 Å². The van der Waals surface area contributed by atoms with E-state index in [4.69, 9.17) is 19.9 Å². The largest absolute Gasteiger partial charge is 0.454 e. The van der Waals surface area contributed by atoms with Crippen LogP contribution >= 0.6 is 0 Å². The number of fused-ring (bicyclic) bond motifs is 1. The Labute approximate surface area is 96.9 Å². The summed E-state index contributed by atoms with van der Waals surface area (Å²) in [7, 11) is 0. The Hall–Kier alpha value is -2.50. The zero-order valence-electron chi connectivity index (χ0n) is 8.79. The van der Waals surface area contributed by atoms with Crippen LogP contribution in [0.15, 0.2) is 30.3 Å². The second kappa shape index (κ2) is 3.82. The fourth-order valence-corrected chi connectivity index (χ4v) is 1.45. The molecule has 1 aromatic carbocycles. The highest BCUT2D eigenvalue weighted by molar-refractivity contribution is 5.47. The van der Waals surface area contributed by atoms with Gasteiger partial charge in [-0.2, -0.15) is 0 Å². The van der Waals surface area contributed by atoms with Crippen LogP contribution in [-0.2, 0) is 0 Å². The number of hydrogen-bond acceptors (Lipinski definition) is 6. The summed E-state index contributed by atoms with van der Waals surface area (Å²) < 4.78 is 15.9. The van der Waals surface area contributed by atoms with Gasteiger partial charge in [-0.1, -0.05) is 0 Å². The molecule has 1 aliphatic heterocycles. The molecule has 0 aliphatic carbocycles. The maximum absolute atomic E-state index is 5.49. The van der Waals surface area contributed by atoms with Gasteiger partial charge < -0.3 is 19.9 Å². The van der Waals surface area contributed by atoms with Gasteiger partial charge in [0, 0.05) is 12.1 Å². The zero-order chi connectivity index (χ0) is 11.7. The van der Waals surface area contributed by atoms with Crippen molar-refractivity contribution in [2.75, 3.05) is 12.5 Å². The van der Waals surface area contributed by atoms with Gasteiger partial charge in [0.2, 0.25) is 12.7 Å². The number of nitrogen functional groups attached to an aromatic ring is 1. The number of rotatable bonds is 2. The van der Waals surface area contributed by atoms with E-state index in [0.29, 0.717) is 28.9 Å². The molecular weight excluding hydrogens is 222 g/mol. The van der Waals surface area contributed by atoms with Crippen molar-refractivity contribution >= 4 is 5.82 Å². The molecule has 1 aromatic heterocycles. The number of nitrogens with zero attached hydrogens (tertiary/aromatic N) is 2. The molecule has 0 amide bonds. The zero-order valence-corrected chi connectivity index (χ0v) is 8.79. The molecule has 0 bridgehead atoms. The lowest BCUT2D eigenvalue weighted by Crippen LogP contribution is -1.94. The Bertz CT molecular complexity index is 542. The summed E-state index contributed by atoms with van der Waals surface area (Å²) in [5.41, 5.74) is 5.43. The van der Waals surface area contributed by atoms with Gasteiger partial charge in [-0.15, -0.1) is 10.2 Å². The number of aromatic nitrogens is 2. The fourth-order valence-electron chi connectivity index (χ4n) is 1.45. The SMILES string of the molecule is Nc1ccc(Oc2ccc3c(c2)OCO3)nn1. The van der Waals surface area contributed by atoms with Crippen LogP contribution in [0.1, 0.15) is 0 Å². The minimum absolute atomic E-state index is 0.237. The molecule has 0 fully saturated rings. The maximum Gasteiger partial charge on any atom is 0.238 e. The number of benzene rings is 1. The summed E-state index contributed by atoms with van der Waals surface area (Å²) in [5, 5.41) is 7.49. The molecule has 17 heavy (non-hydrogen) atoms. The van der Waals surface area contributed by atoms with Gasteiger partial charge in [0.25, 0.3) is 0 Å². The molecule has 0 saturated heterocycles.